The Morgan fingerprint density at radius 1 is 1.03 bits per heavy atom. The molecule has 1 fully saturated rings. The van der Waals surface area contributed by atoms with Crippen LogP contribution in [0, 0.1) is 0 Å². The number of fused-ring (bicyclic) bond motifs is 1. The molecule has 2 aromatic heterocycles. The average molecular weight is 414 g/mol. The molecule has 2 heterocycles. The Labute approximate surface area is 179 Å². The molecule has 2 aromatic carbocycles. The monoisotopic (exact) mass is 413 g/mol. The predicted octanol–water partition coefficient (Wildman–Crippen LogP) is 5.90. The Bertz CT molecular complexity index is 1280. The van der Waals surface area contributed by atoms with Gasteiger partial charge in [0.25, 0.3) is 0 Å². The van der Waals surface area contributed by atoms with Gasteiger partial charge in [-0.3, -0.25) is 9.97 Å². The highest BCUT2D eigenvalue weighted by Gasteiger charge is 2.24. The Hall–Kier alpha value is -3.38. The van der Waals surface area contributed by atoms with Crippen LogP contribution in [-0.4, -0.2) is 21.0 Å². The van der Waals surface area contributed by atoms with Gasteiger partial charge < -0.3 is 10.4 Å². The van der Waals surface area contributed by atoms with E-state index in [9.17, 15) is 9.90 Å². The maximum absolute atomic E-state index is 11.6. The Balaban J connectivity index is 1.62. The van der Waals surface area contributed by atoms with E-state index >= 15 is 0 Å². The number of anilines is 2. The zero-order valence-electron chi connectivity index (χ0n) is 16.0. The van der Waals surface area contributed by atoms with Crippen LogP contribution in [0.15, 0.2) is 72.0 Å². The van der Waals surface area contributed by atoms with E-state index in [1.807, 2.05) is 24.5 Å². The number of rotatable bonds is 5. The quantitative estimate of drug-likeness (QED) is 0.355. The summed E-state index contributed by atoms with van der Waals surface area (Å²) in [6, 6.07) is 15.1. The first kappa shape index (κ1) is 18.6. The van der Waals surface area contributed by atoms with E-state index in [0.29, 0.717) is 16.5 Å². The number of hydrogen-bond donors (Lipinski definition) is 3. The number of hydrogen-bond acceptors (Lipinski definition) is 5. The van der Waals surface area contributed by atoms with Gasteiger partial charge in [0.15, 0.2) is 0 Å². The summed E-state index contributed by atoms with van der Waals surface area (Å²) < 4.78 is 0. The summed E-state index contributed by atoms with van der Waals surface area (Å²) in [6.45, 7) is 0. The summed E-state index contributed by atoms with van der Waals surface area (Å²) in [5.74, 6) is -0.353. The molecule has 2 N–H and O–H groups in total. The van der Waals surface area contributed by atoms with Gasteiger partial charge in [-0.2, -0.15) is 0 Å². The largest absolute Gasteiger partial charge is 0.478 e. The Morgan fingerprint density at radius 2 is 1.87 bits per heavy atom. The lowest BCUT2D eigenvalue weighted by Gasteiger charge is -2.15. The molecule has 0 amide bonds. The molecule has 0 bridgehead atoms. The van der Waals surface area contributed by atoms with Gasteiger partial charge in [0.2, 0.25) is 0 Å². The van der Waals surface area contributed by atoms with Gasteiger partial charge in [0.05, 0.1) is 22.5 Å². The van der Waals surface area contributed by atoms with E-state index in [1.54, 1.807) is 30.5 Å². The highest BCUT2D eigenvalue weighted by molar-refractivity contribution is 7.80. The summed E-state index contributed by atoms with van der Waals surface area (Å²) in [5.41, 5.74) is 5.62. The van der Waals surface area contributed by atoms with Crippen LogP contribution in [-0.2, 0) is 0 Å². The van der Waals surface area contributed by atoms with Crippen LogP contribution < -0.4 is 5.32 Å². The molecule has 0 radical (unpaired) electrons. The van der Waals surface area contributed by atoms with Crippen molar-refractivity contribution in [2.24, 2.45) is 0 Å². The average Bonchev–Trinajstić information content (AvgIpc) is 3.61. The highest BCUT2D eigenvalue weighted by Crippen LogP contribution is 2.41. The minimum atomic E-state index is -0.985. The topological polar surface area (TPSA) is 75.1 Å². The third-order valence-electron chi connectivity index (χ3n) is 5.41. The maximum atomic E-state index is 11.6. The first-order chi connectivity index (χ1) is 14.6. The molecule has 4 aromatic rings. The molecule has 148 valence electrons. The molecule has 1 saturated carbocycles. The van der Waals surface area contributed by atoms with Crippen LogP contribution in [0.1, 0.15) is 34.7 Å². The third-order valence-corrected chi connectivity index (χ3v) is 5.75. The molecule has 0 atom stereocenters. The smallest absolute Gasteiger partial charge is 0.337 e. The minimum Gasteiger partial charge on any atom is -0.478 e. The lowest BCUT2D eigenvalue weighted by Crippen LogP contribution is -2.03. The molecule has 0 spiro atoms. The standard InChI is InChI=1S/C24H19N3O2S/c28-24(29)18-3-1-2-4-21(18)27-23-19-10-15(7-8-20(19)26-13-22(23)30)17-9-16(11-25-12-17)14-5-6-14/h1-4,7-14,30H,5-6H2,(H,26,27)(H,28,29). The van der Waals surface area contributed by atoms with Crippen LogP contribution in [0.25, 0.3) is 22.0 Å². The second-order valence-electron chi connectivity index (χ2n) is 7.51. The molecule has 30 heavy (non-hydrogen) atoms. The van der Waals surface area contributed by atoms with Gasteiger partial charge in [0, 0.05) is 34.4 Å². The van der Waals surface area contributed by atoms with Crippen LogP contribution in [0.5, 0.6) is 0 Å². The Morgan fingerprint density at radius 3 is 2.67 bits per heavy atom. The van der Waals surface area contributed by atoms with Gasteiger partial charge in [-0.15, -0.1) is 12.6 Å². The predicted molar refractivity (Wildman–Crippen MR) is 121 cm³/mol. The van der Waals surface area contributed by atoms with Crippen molar-refractivity contribution >= 4 is 40.9 Å². The van der Waals surface area contributed by atoms with E-state index in [1.165, 1.54) is 18.4 Å². The number of carboxylic acids is 1. The van der Waals surface area contributed by atoms with E-state index in [4.69, 9.17) is 0 Å². The number of nitrogens with one attached hydrogen (secondary N) is 1. The van der Waals surface area contributed by atoms with Crippen molar-refractivity contribution in [3.05, 3.63) is 78.2 Å². The first-order valence-corrected chi connectivity index (χ1v) is 10.2. The highest BCUT2D eigenvalue weighted by atomic mass is 32.1. The summed E-state index contributed by atoms with van der Waals surface area (Å²) >= 11 is 4.58. The number of carbonyl (C=O) groups is 1. The second kappa shape index (κ2) is 7.46. The first-order valence-electron chi connectivity index (χ1n) is 9.76. The molecule has 5 nitrogen and oxygen atoms in total. The molecule has 0 aliphatic heterocycles. The van der Waals surface area contributed by atoms with Gasteiger partial charge in [-0.25, -0.2) is 4.79 Å². The van der Waals surface area contributed by atoms with Crippen LogP contribution in [0.2, 0.25) is 0 Å². The molecule has 0 unspecified atom stereocenters. The maximum Gasteiger partial charge on any atom is 0.337 e. The van der Waals surface area contributed by atoms with E-state index in [2.05, 4.69) is 40.0 Å². The fraction of sp³-hybridized carbons (Fsp3) is 0.125. The van der Waals surface area contributed by atoms with Crippen molar-refractivity contribution in [2.75, 3.05) is 5.32 Å². The van der Waals surface area contributed by atoms with Crippen molar-refractivity contribution in [3.63, 3.8) is 0 Å². The van der Waals surface area contributed by atoms with Crippen molar-refractivity contribution in [3.8, 4) is 11.1 Å². The van der Waals surface area contributed by atoms with Crippen molar-refractivity contribution in [1.82, 2.24) is 9.97 Å². The van der Waals surface area contributed by atoms with Crippen molar-refractivity contribution in [2.45, 2.75) is 23.7 Å². The second-order valence-corrected chi connectivity index (χ2v) is 7.99. The van der Waals surface area contributed by atoms with Gasteiger partial charge in [-0.05, 0) is 60.2 Å². The van der Waals surface area contributed by atoms with Crippen LogP contribution in [0.3, 0.4) is 0 Å². The summed E-state index contributed by atoms with van der Waals surface area (Å²) in [7, 11) is 0. The van der Waals surface area contributed by atoms with Crippen LogP contribution >= 0.6 is 12.6 Å². The molecular formula is C24H19N3O2S. The van der Waals surface area contributed by atoms with Crippen molar-refractivity contribution in [1.29, 1.82) is 0 Å². The molecule has 1 aliphatic rings. The fourth-order valence-corrected chi connectivity index (χ4v) is 3.90. The molecule has 1 aliphatic carbocycles. The molecular weight excluding hydrogens is 394 g/mol. The molecule has 0 saturated heterocycles. The zero-order valence-corrected chi connectivity index (χ0v) is 16.9. The number of thiol groups is 1. The number of para-hydroxylation sites is 1. The minimum absolute atomic E-state index is 0.202. The van der Waals surface area contributed by atoms with E-state index in [0.717, 1.165) is 27.7 Å². The number of pyridine rings is 2. The summed E-state index contributed by atoms with van der Waals surface area (Å²) in [5, 5.41) is 13.7. The number of aromatic carboxylic acids is 1. The number of aromatic nitrogens is 2. The number of carboxylic acid groups (broad SMARTS) is 1. The van der Waals surface area contributed by atoms with E-state index in [-0.39, 0.29) is 5.56 Å². The normalized spacial score (nSPS) is 13.4. The number of benzene rings is 2. The fourth-order valence-electron chi connectivity index (χ4n) is 3.66. The SMILES string of the molecule is O=C(O)c1ccccc1Nc1c(S)cnc2ccc(-c3cncc(C4CC4)c3)cc12. The van der Waals surface area contributed by atoms with Gasteiger partial charge >= 0.3 is 5.97 Å². The third kappa shape index (κ3) is 3.50. The molecule has 6 heteroatoms. The summed E-state index contributed by atoms with van der Waals surface area (Å²) in [4.78, 5) is 21.2. The van der Waals surface area contributed by atoms with Gasteiger partial charge in [-0.1, -0.05) is 18.2 Å². The lowest BCUT2D eigenvalue weighted by molar-refractivity contribution is 0.0698. The zero-order chi connectivity index (χ0) is 20.7. The van der Waals surface area contributed by atoms with Crippen LogP contribution in [0.4, 0.5) is 11.4 Å². The van der Waals surface area contributed by atoms with E-state index < -0.39 is 5.97 Å². The molecule has 5 rings (SSSR count). The lowest BCUT2D eigenvalue weighted by atomic mass is 10.0. The van der Waals surface area contributed by atoms with Gasteiger partial charge in [0.1, 0.15) is 0 Å². The number of nitrogens with zero attached hydrogens (tertiary/aromatic N) is 2. The Kier molecular flexibility index (Phi) is 4.64. The summed E-state index contributed by atoms with van der Waals surface area (Å²) in [6.07, 6.45) is 7.95. The van der Waals surface area contributed by atoms with Crippen molar-refractivity contribution < 1.29 is 9.90 Å².